The molecule has 0 unspecified atom stereocenters. The van der Waals surface area contributed by atoms with E-state index in [1.54, 1.807) is 0 Å². The summed E-state index contributed by atoms with van der Waals surface area (Å²) in [5.74, 6) is 1.58. The number of nitrogens with zero attached hydrogens (tertiary/aromatic N) is 3. The summed E-state index contributed by atoms with van der Waals surface area (Å²) in [6.45, 7) is 7.19. The Morgan fingerprint density at radius 2 is 2.12 bits per heavy atom. The Kier molecular flexibility index (Phi) is 5.16. The van der Waals surface area contributed by atoms with Gasteiger partial charge in [-0.1, -0.05) is 37.2 Å². The number of carbonyl (C=O) groups excluding carboxylic acids is 1. The SMILES string of the molecule is Cc1cc2ccccc2n1CCC(=O)NCc1nc(CC(C)C)no1. The van der Waals surface area contributed by atoms with Crippen LogP contribution >= 0.6 is 0 Å². The molecule has 25 heavy (non-hydrogen) atoms. The number of benzene rings is 1. The molecule has 0 radical (unpaired) electrons. The van der Waals surface area contributed by atoms with Gasteiger partial charge in [-0.3, -0.25) is 4.79 Å². The highest BCUT2D eigenvalue weighted by Crippen LogP contribution is 2.19. The lowest BCUT2D eigenvalue weighted by molar-refractivity contribution is -0.121. The van der Waals surface area contributed by atoms with E-state index in [4.69, 9.17) is 4.52 Å². The van der Waals surface area contributed by atoms with Gasteiger partial charge in [0.1, 0.15) is 0 Å². The summed E-state index contributed by atoms with van der Waals surface area (Å²) in [6, 6.07) is 10.3. The molecule has 0 aliphatic heterocycles. The average molecular weight is 340 g/mol. The summed E-state index contributed by atoms with van der Waals surface area (Å²) < 4.78 is 7.33. The topological polar surface area (TPSA) is 73.0 Å². The third-order valence-corrected chi connectivity index (χ3v) is 4.12. The van der Waals surface area contributed by atoms with Crippen LogP contribution in [-0.2, 0) is 24.3 Å². The van der Waals surface area contributed by atoms with Crippen molar-refractivity contribution in [2.45, 2.75) is 46.7 Å². The normalized spacial score (nSPS) is 11.4. The van der Waals surface area contributed by atoms with E-state index in [0.717, 1.165) is 17.6 Å². The fourth-order valence-electron chi connectivity index (χ4n) is 2.93. The standard InChI is InChI=1S/C19H24N4O2/c1-13(2)10-17-21-19(25-22-17)12-20-18(24)8-9-23-14(3)11-15-6-4-5-7-16(15)23/h4-7,11,13H,8-10,12H2,1-3H3,(H,20,24). The molecule has 0 atom stereocenters. The fourth-order valence-corrected chi connectivity index (χ4v) is 2.93. The Labute approximate surface area is 147 Å². The second-order valence-electron chi connectivity index (χ2n) is 6.73. The van der Waals surface area contributed by atoms with E-state index in [9.17, 15) is 4.79 Å². The van der Waals surface area contributed by atoms with Crippen molar-refractivity contribution in [3.8, 4) is 0 Å². The zero-order valence-corrected chi connectivity index (χ0v) is 15.0. The van der Waals surface area contributed by atoms with Gasteiger partial charge in [-0.05, 0) is 30.4 Å². The maximum absolute atomic E-state index is 12.1. The van der Waals surface area contributed by atoms with Crippen LogP contribution in [-0.4, -0.2) is 20.6 Å². The lowest BCUT2D eigenvalue weighted by Crippen LogP contribution is -2.24. The molecule has 1 aromatic carbocycles. The van der Waals surface area contributed by atoms with Crippen molar-refractivity contribution in [2.24, 2.45) is 5.92 Å². The van der Waals surface area contributed by atoms with Crippen LogP contribution in [0.5, 0.6) is 0 Å². The molecule has 0 spiro atoms. The zero-order valence-electron chi connectivity index (χ0n) is 15.0. The Bertz CT molecular complexity index is 863. The highest BCUT2D eigenvalue weighted by atomic mass is 16.5. The summed E-state index contributed by atoms with van der Waals surface area (Å²) in [5, 5.41) is 7.97. The molecule has 3 rings (SSSR count). The third-order valence-electron chi connectivity index (χ3n) is 4.12. The first-order valence-electron chi connectivity index (χ1n) is 8.66. The minimum Gasteiger partial charge on any atom is -0.347 e. The number of carbonyl (C=O) groups is 1. The number of fused-ring (bicyclic) bond motifs is 1. The minimum absolute atomic E-state index is 0.0270. The molecule has 2 aromatic heterocycles. The zero-order chi connectivity index (χ0) is 17.8. The first kappa shape index (κ1) is 17.2. The van der Waals surface area contributed by atoms with Crippen molar-refractivity contribution < 1.29 is 9.32 Å². The molecule has 6 heteroatoms. The largest absolute Gasteiger partial charge is 0.347 e. The molecule has 0 bridgehead atoms. The number of nitrogens with one attached hydrogen (secondary N) is 1. The summed E-state index contributed by atoms with van der Waals surface area (Å²) in [5.41, 5.74) is 2.31. The van der Waals surface area contributed by atoms with Gasteiger partial charge in [-0.15, -0.1) is 0 Å². The van der Waals surface area contributed by atoms with E-state index >= 15 is 0 Å². The predicted molar refractivity (Wildman–Crippen MR) is 96.0 cm³/mol. The monoisotopic (exact) mass is 340 g/mol. The van der Waals surface area contributed by atoms with Gasteiger partial charge < -0.3 is 14.4 Å². The quantitative estimate of drug-likeness (QED) is 0.716. The molecule has 1 N–H and O–H groups in total. The van der Waals surface area contributed by atoms with Crippen LogP contribution in [0.2, 0.25) is 0 Å². The van der Waals surface area contributed by atoms with Gasteiger partial charge in [0, 0.05) is 30.6 Å². The number of aryl methyl sites for hydroxylation is 2. The molecule has 1 amide bonds. The minimum atomic E-state index is -0.0270. The van der Waals surface area contributed by atoms with Crippen LogP contribution in [0.25, 0.3) is 10.9 Å². The third kappa shape index (κ3) is 4.26. The van der Waals surface area contributed by atoms with Crippen LogP contribution < -0.4 is 5.32 Å². The van der Waals surface area contributed by atoms with Gasteiger partial charge in [0.15, 0.2) is 5.82 Å². The second kappa shape index (κ2) is 7.51. The summed E-state index contributed by atoms with van der Waals surface area (Å²) >= 11 is 0. The molecule has 0 aliphatic rings. The highest BCUT2D eigenvalue weighted by Gasteiger charge is 2.11. The first-order valence-corrected chi connectivity index (χ1v) is 8.66. The Morgan fingerprint density at radius 3 is 2.92 bits per heavy atom. The molecular formula is C19H24N4O2. The lowest BCUT2D eigenvalue weighted by Gasteiger charge is -2.08. The maximum Gasteiger partial charge on any atom is 0.246 e. The van der Waals surface area contributed by atoms with Gasteiger partial charge >= 0.3 is 0 Å². The van der Waals surface area contributed by atoms with Gasteiger partial charge in [0.25, 0.3) is 0 Å². The van der Waals surface area contributed by atoms with Crippen molar-refractivity contribution in [1.29, 1.82) is 0 Å². The first-order chi connectivity index (χ1) is 12.0. The summed E-state index contributed by atoms with van der Waals surface area (Å²) in [7, 11) is 0. The number of amides is 1. The summed E-state index contributed by atoms with van der Waals surface area (Å²) in [4.78, 5) is 16.4. The molecule has 2 heterocycles. The molecular weight excluding hydrogens is 316 g/mol. The number of hydrogen-bond acceptors (Lipinski definition) is 4. The van der Waals surface area contributed by atoms with Gasteiger partial charge in [-0.25, -0.2) is 0 Å². The van der Waals surface area contributed by atoms with E-state index in [1.165, 1.54) is 5.39 Å². The van der Waals surface area contributed by atoms with E-state index in [0.29, 0.717) is 30.6 Å². The van der Waals surface area contributed by atoms with E-state index in [1.807, 2.05) is 12.1 Å². The van der Waals surface area contributed by atoms with E-state index in [-0.39, 0.29) is 12.5 Å². The average Bonchev–Trinajstić information content (AvgIpc) is 3.14. The number of hydrogen-bond donors (Lipinski definition) is 1. The molecule has 0 fully saturated rings. The Morgan fingerprint density at radius 1 is 1.32 bits per heavy atom. The van der Waals surface area contributed by atoms with Crippen molar-refractivity contribution in [2.75, 3.05) is 0 Å². The van der Waals surface area contributed by atoms with Crippen LogP contribution in [0.4, 0.5) is 0 Å². The van der Waals surface area contributed by atoms with E-state index in [2.05, 4.69) is 59.0 Å². The molecule has 3 aromatic rings. The summed E-state index contributed by atoms with van der Waals surface area (Å²) in [6.07, 6.45) is 1.18. The maximum atomic E-state index is 12.1. The number of rotatable bonds is 7. The molecule has 132 valence electrons. The van der Waals surface area contributed by atoms with Crippen LogP contribution in [0.3, 0.4) is 0 Å². The van der Waals surface area contributed by atoms with Crippen LogP contribution in [0.15, 0.2) is 34.9 Å². The lowest BCUT2D eigenvalue weighted by atomic mass is 10.1. The van der Waals surface area contributed by atoms with Crippen molar-refractivity contribution in [3.05, 3.63) is 47.7 Å². The van der Waals surface area contributed by atoms with Gasteiger partial charge in [-0.2, -0.15) is 4.98 Å². The van der Waals surface area contributed by atoms with Crippen molar-refractivity contribution in [1.82, 2.24) is 20.0 Å². The molecule has 0 saturated carbocycles. The Balaban J connectivity index is 1.52. The van der Waals surface area contributed by atoms with E-state index < -0.39 is 0 Å². The molecule has 0 saturated heterocycles. The van der Waals surface area contributed by atoms with Crippen molar-refractivity contribution >= 4 is 16.8 Å². The smallest absolute Gasteiger partial charge is 0.246 e. The predicted octanol–water partition coefficient (Wildman–Crippen LogP) is 3.24. The number of aromatic nitrogens is 3. The van der Waals surface area contributed by atoms with Gasteiger partial charge in [0.2, 0.25) is 11.8 Å². The van der Waals surface area contributed by atoms with Crippen LogP contribution in [0, 0.1) is 12.8 Å². The second-order valence-corrected chi connectivity index (χ2v) is 6.73. The Hall–Kier alpha value is -2.63. The molecule has 6 nitrogen and oxygen atoms in total. The van der Waals surface area contributed by atoms with Crippen molar-refractivity contribution in [3.63, 3.8) is 0 Å². The van der Waals surface area contributed by atoms with Crippen LogP contribution in [0.1, 0.15) is 37.7 Å². The highest BCUT2D eigenvalue weighted by molar-refractivity contribution is 5.81. The van der Waals surface area contributed by atoms with Gasteiger partial charge in [0.05, 0.1) is 6.54 Å². The fraction of sp³-hybridized carbons (Fsp3) is 0.421. The number of para-hydroxylation sites is 1. The molecule has 0 aliphatic carbocycles.